The maximum absolute atomic E-state index is 13.0. The summed E-state index contributed by atoms with van der Waals surface area (Å²) < 4.78 is 27.8. The van der Waals surface area contributed by atoms with Crippen LogP contribution in [0, 0.1) is 6.92 Å². The van der Waals surface area contributed by atoms with E-state index in [0.717, 1.165) is 35.5 Å². The van der Waals surface area contributed by atoms with E-state index in [0.29, 0.717) is 31.6 Å². The van der Waals surface area contributed by atoms with Crippen LogP contribution in [0.3, 0.4) is 0 Å². The van der Waals surface area contributed by atoms with Crippen LogP contribution in [-0.2, 0) is 13.1 Å². The second kappa shape index (κ2) is 10.7. The van der Waals surface area contributed by atoms with Crippen molar-refractivity contribution < 1.29 is 8.78 Å². The Kier molecular flexibility index (Phi) is 8.57. The molecule has 1 aromatic carbocycles. The largest absolute Gasteiger partial charge is 0.361 e. The van der Waals surface area contributed by atoms with Gasteiger partial charge in [-0.15, -0.1) is 0 Å². The summed E-state index contributed by atoms with van der Waals surface area (Å²) in [5, 5.41) is 0. The molecule has 1 unspecified atom stereocenters. The summed E-state index contributed by atoms with van der Waals surface area (Å²) in [4.78, 5) is 9.91. The molecular formula is C20H30F2N4S. The van der Waals surface area contributed by atoms with Gasteiger partial charge in [0.2, 0.25) is 0 Å². The molecule has 1 N–H and O–H groups in total. The van der Waals surface area contributed by atoms with Crippen LogP contribution in [0.1, 0.15) is 50.6 Å². The summed E-state index contributed by atoms with van der Waals surface area (Å²) >= 11 is 0.647. The SMILES string of the molecule is CC.CCCC1CN(SC(F)F)Cc2ccccc2N1Cc1nc[nH]c1C. The van der Waals surface area contributed by atoms with Gasteiger partial charge in [-0.1, -0.05) is 45.4 Å². The minimum atomic E-state index is -2.39. The summed E-state index contributed by atoms with van der Waals surface area (Å²) in [6, 6.07) is 8.30. The van der Waals surface area contributed by atoms with E-state index in [-0.39, 0.29) is 6.04 Å². The highest BCUT2D eigenvalue weighted by atomic mass is 32.2. The van der Waals surface area contributed by atoms with Gasteiger partial charge in [-0.25, -0.2) is 9.29 Å². The number of H-pyrrole nitrogens is 1. The number of alkyl halides is 2. The third-order valence-electron chi connectivity index (χ3n) is 4.61. The highest BCUT2D eigenvalue weighted by Crippen LogP contribution is 2.34. The fraction of sp³-hybridized carbons (Fsp3) is 0.550. The van der Waals surface area contributed by atoms with Crippen molar-refractivity contribution in [3.8, 4) is 0 Å². The topological polar surface area (TPSA) is 35.2 Å². The molecule has 1 aliphatic heterocycles. The van der Waals surface area contributed by atoms with Crippen LogP contribution >= 0.6 is 11.9 Å². The van der Waals surface area contributed by atoms with E-state index in [1.165, 1.54) is 0 Å². The second-order valence-electron chi connectivity index (χ2n) is 6.36. The van der Waals surface area contributed by atoms with Crippen molar-refractivity contribution >= 4 is 17.6 Å². The number of anilines is 1. The molecule has 7 heteroatoms. The zero-order valence-corrected chi connectivity index (χ0v) is 17.4. The number of para-hydroxylation sites is 1. The van der Waals surface area contributed by atoms with Crippen molar-refractivity contribution in [2.75, 3.05) is 11.4 Å². The molecule has 4 nitrogen and oxygen atoms in total. The first-order chi connectivity index (χ1) is 13.1. The fourth-order valence-corrected chi connectivity index (χ4v) is 4.10. The molecule has 3 rings (SSSR count). The van der Waals surface area contributed by atoms with Crippen LogP contribution in [0.25, 0.3) is 0 Å². The normalized spacial score (nSPS) is 17.3. The molecule has 0 saturated heterocycles. The Morgan fingerprint density at radius 3 is 2.67 bits per heavy atom. The molecule has 0 amide bonds. The van der Waals surface area contributed by atoms with Gasteiger partial charge in [0.1, 0.15) is 0 Å². The number of aryl methyl sites for hydroxylation is 1. The number of halogens is 2. The summed E-state index contributed by atoms with van der Waals surface area (Å²) in [6.07, 6.45) is 3.68. The number of aromatic amines is 1. The van der Waals surface area contributed by atoms with E-state index in [9.17, 15) is 8.78 Å². The molecule has 0 spiro atoms. The number of nitrogens with zero attached hydrogens (tertiary/aromatic N) is 3. The van der Waals surface area contributed by atoms with Gasteiger partial charge in [-0.3, -0.25) is 0 Å². The first-order valence-electron chi connectivity index (χ1n) is 9.61. The van der Waals surface area contributed by atoms with E-state index >= 15 is 0 Å². The third-order valence-corrected chi connectivity index (χ3v) is 5.34. The third kappa shape index (κ3) is 5.69. The average Bonchev–Trinajstić information content (AvgIpc) is 2.99. The summed E-state index contributed by atoms with van der Waals surface area (Å²) in [5.74, 6) is -2.39. The lowest BCUT2D eigenvalue weighted by molar-refractivity contribution is 0.242. The maximum atomic E-state index is 13.0. The molecule has 0 fully saturated rings. The van der Waals surface area contributed by atoms with Gasteiger partial charge in [0, 0.05) is 30.5 Å². The maximum Gasteiger partial charge on any atom is 0.298 e. The van der Waals surface area contributed by atoms with Crippen molar-refractivity contribution in [2.45, 2.75) is 65.4 Å². The Hall–Kier alpha value is -1.60. The van der Waals surface area contributed by atoms with Crippen molar-refractivity contribution in [3.05, 3.63) is 47.5 Å². The van der Waals surface area contributed by atoms with Crippen LogP contribution in [0.15, 0.2) is 30.6 Å². The summed E-state index contributed by atoms with van der Waals surface area (Å²) in [5.41, 5.74) is 4.27. The minimum Gasteiger partial charge on any atom is -0.361 e. The highest BCUT2D eigenvalue weighted by molar-refractivity contribution is 7.97. The molecule has 0 saturated carbocycles. The quantitative estimate of drug-likeness (QED) is 0.644. The Morgan fingerprint density at radius 2 is 2.04 bits per heavy atom. The number of aromatic nitrogens is 2. The van der Waals surface area contributed by atoms with Gasteiger partial charge in [0.05, 0.1) is 18.6 Å². The Bertz CT molecular complexity index is 692. The number of imidazole rings is 1. The lowest BCUT2D eigenvalue weighted by Gasteiger charge is -2.33. The number of hydrogen-bond donors (Lipinski definition) is 1. The van der Waals surface area contributed by atoms with Crippen molar-refractivity contribution in [1.82, 2.24) is 14.3 Å². The highest BCUT2D eigenvalue weighted by Gasteiger charge is 2.29. The lowest BCUT2D eigenvalue weighted by atomic mass is 10.1. The van der Waals surface area contributed by atoms with Gasteiger partial charge < -0.3 is 9.88 Å². The van der Waals surface area contributed by atoms with Crippen LogP contribution in [-0.4, -0.2) is 32.6 Å². The molecule has 27 heavy (non-hydrogen) atoms. The second-order valence-corrected chi connectivity index (χ2v) is 7.45. The van der Waals surface area contributed by atoms with Crippen LogP contribution in [0.4, 0.5) is 14.5 Å². The van der Waals surface area contributed by atoms with Crippen molar-refractivity contribution in [2.24, 2.45) is 0 Å². The summed E-state index contributed by atoms with van der Waals surface area (Å²) in [7, 11) is 0. The van der Waals surface area contributed by atoms with E-state index in [1.807, 2.05) is 39.0 Å². The molecule has 1 aromatic heterocycles. The van der Waals surface area contributed by atoms with Gasteiger partial charge >= 0.3 is 0 Å². The molecule has 150 valence electrons. The number of nitrogens with one attached hydrogen (secondary N) is 1. The number of fused-ring (bicyclic) bond motifs is 1. The van der Waals surface area contributed by atoms with Gasteiger partial charge in [0.15, 0.2) is 0 Å². The van der Waals surface area contributed by atoms with E-state index in [1.54, 1.807) is 10.6 Å². The molecule has 0 aliphatic carbocycles. The first kappa shape index (κ1) is 21.7. The van der Waals surface area contributed by atoms with E-state index < -0.39 is 5.76 Å². The average molecular weight is 397 g/mol. The Labute approximate surface area is 165 Å². The van der Waals surface area contributed by atoms with Crippen LogP contribution in [0.5, 0.6) is 0 Å². The zero-order chi connectivity index (χ0) is 19.8. The lowest BCUT2D eigenvalue weighted by Crippen LogP contribution is -2.40. The molecule has 0 bridgehead atoms. The Morgan fingerprint density at radius 1 is 1.30 bits per heavy atom. The fourth-order valence-electron chi connectivity index (χ4n) is 3.41. The summed E-state index contributed by atoms with van der Waals surface area (Å²) in [6.45, 7) is 9.98. The number of hydrogen-bond acceptors (Lipinski definition) is 4. The smallest absolute Gasteiger partial charge is 0.298 e. The van der Waals surface area contributed by atoms with Gasteiger partial charge in [-0.05, 0) is 36.9 Å². The van der Waals surface area contributed by atoms with Crippen molar-refractivity contribution in [3.63, 3.8) is 0 Å². The predicted octanol–water partition coefficient (Wildman–Crippen LogP) is 5.61. The van der Waals surface area contributed by atoms with Crippen LogP contribution < -0.4 is 4.90 Å². The Balaban J connectivity index is 0.00000126. The molecule has 2 heterocycles. The van der Waals surface area contributed by atoms with E-state index in [2.05, 4.69) is 27.9 Å². The van der Waals surface area contributed by atoms with Gasteiger partial charge in [0.25, 0.3) is 5.76 Å². The van der Waals surface area contributed by atoms with E-state index in [4.69, 9.17) is 0 Å². The van der Waals surface area contributed by atoms with Crippen LogP contribution in [0.2, 0.25) is 0 Å². The minimum absolute atomic E-state index is 0.177. The first-order valence-corrected chi connectivity index (χ1v) is 10.5. The molecule has 1 atom stereocenters. The monoisotopic (exact) mass is 396 g/mol. The number of rotatable bonds is 6. The zero-order valence-electron chi connectivity index (χ0n) is 16.6. The predicted molar refractivity (Wildman–Crippen MR) is 110 cm³/mol. The van der Waals surface area contributed by atoms with Gasteiger partial charge in [-0.2, -0.15) is 8.78 Å². The molecule has 2 aromatic rings. The molecular weight excluding hydrogens is 366 g/mol. The number of benzene rings is 1. The molecule has 0 radical (unpaired) electrons. The standard InChI is InChI=1S/C18H24F2N4S.C2H6/c1-3-6-15-10-23(25-18(19)20)9-14-7-4-5-8-17(14)24(15)11-16-13(2)21-12-22-16;1-2/h4-5,7-8,12,15,18H,3,6,9-11H2,1-2H3,(H,21,22);1-2H3. The van der Waals surface area contributed by atoms with Crippen molar-refractivity contribution in [1.29, 1.82) is 0 Å². The molecule has 1 aliphatic rings.